The summed E-state index contributed by atoms with van der Waals surface area (Å²) in [5.41, 5.74) is 17.7. The molecule has 0 atom stereocenters. The van der Waals surface area contributed by atoms with Crippen molar-refractivity contribution in [2.24, 2.45) is 0 Å². The van der Waals surface area contributed by atoms with Gasteiger partial charge in [0.1, 0.15) is 11.2 Å². The molecule has 0 bridgehead atoms. The molecule has 3 nitrogen and oxygen atoms in total. The van der Waals surface area contributed by atoms with Crippen LogP contribution in [0.25, 0.3) is 105 Å². The SMILES string of the molecule is c1ccc(-c2ccc(N(c3ccc(-c4cccc(-n5c6ccccc6c6ccccc65)c4)cc3)c3ccccc3-c3ccc4oc5c6ccccc6ccc5c4c3)c(-c3ccccc3)c2)cc1. The first-order chi connectivity index (χ1) is 33.2. The third-order valence-electron chi connectivity index (χ3n) is 13.4. The second kappa shape index (κ2) is 16.0. The predicted octanol–water partition coefficient (Wildman–Crippen LogP) is 18.0. The normalized spacial score (nSPS) is 11.6. The van der Waals surface area contributed by atoms with Gasteiger partial charge in [-0.25, -0.2) is 0 Å². The van der Waals surface area contributed by atoms with E-state index >= 15 is 0 Å². The smallest absolute Gasteiger partial charge is 0.143 e. The molecule has 0 spiro atoms. The van der Waals surface area contributed by atoms with Gasteiger partial charge in [0.25, 0.3) is 0 Å². The average Bonchev–Trinajstić information content (AvgIpc) is 3.96. The predicted molar refractivity (Wildman–Crippen MR) is 282 cm³/mol. The molecule has 67 heavy (non-hydrogen) atoms. The summed E-state index contributed by atoms with van der Waals surface area (Å²) in [6.45, 7) is 0. The number of rotatable bonds is 8. The van der Waals surface area contributed by atoms with Crippen LogP contribution in [0.2, 0.25) is 0 Å². The lowest BCUT2D eigenvalue weighted by molar-refractivity contribution is 0.672. The Kier molecular flexibility index (Phi) is 9.17. The van der Waals surface area contributed by atoms with E-state index in [1.165, 1.54) is 38.3 Å². The Labute approximate surface area is 388 Å². The van der Waals surface area contributed by atoms with Crippen molar-refractivity contribution >= 4 is 71.6 Å². The fourth-order valence-electron chi connectivity index (χ4n) is 10.2. The number of hydrogen-bond donors (Lipinski definition) is 0. The molecule has 0 unspecified atom stereocenters. The van der Waals surface area contributed by atoms with Gasteiger partial charge in [-0.15, -0.1) is 0 Å². The van der Waals surface area contributed by atoms with Crippen molar-refractivity contribution in [3.8, 4) is 50.2 Å². The molecule has 0 amide bonds. The van der Waals surface area contributed by atoms with E-state index in [9.17, 15) is 0 Å². The second-order valence-corrected chi connectivity index (χ2v) is 17.3. The molecule has 314 valence electrons. The highest BCUT2D eigenvalue weighted by Gasteiger charge is 2.23. The number of hydrogen-bond acceptors (Lipinski definition) is 2. The van der Waals surface area contributed by atoms with E-state index in [2.05, 4.69) is 264 Å². The number of fused-ring (bicyclic) bond motifs is 8. The van der Waals surface area contributed by atoms with Crippen LogP contribution in [0.5, 0.6) is 0 Å². The molecule has 0 aliphatic heterocycles. The van der Waals surface area contributed by atoms with Crippen molar-refractivity contribution in [3.63, 3.8) is 0 Å². The molecule has 13 rings (SSSR count). The van der Waals surface area contributed by atoms with Crippen LogP contribution in [0.4, 0.5) is 17.1 Å². The largest absolute Gasteiger partial charge is 0.455 e. The number of furan rings is 1. The maximum atomic E-state index is 6.59. The van der Waals surface area contributed by atoms with Gasteiger partial charge in [-0.3, -0.25) is 0 Å². The Morgan fingerprint density at radius 3 is 1.67 bits per heavy atom. The number of nitrogens with zero attached hydrogens (tertiary/aromatic N) is 2. The fourth-order valence-corrected chi connectivity index (χ4v) is 10.2. The first-order valence-electron chi connectivity index (χ1n) is 22.9. The van der Waals surface area contributed by atoms with Gasteiger partial charge in [-0.05, 0) is 112 Å². The summed E-state index contributed by atoms with van der Waals surface area (Å²) in [6, 6.07) is 92.0. The number of anilines is 3. The summed E-state index contributed by atoms with van der Waals surface area (Å²) < 4.78 is 8.97. The van der Waals surface area contributed by atoms with Crippen molar-refractivity contribution < 1.29 is 4.42 Å². The van der Waals surface area contributed by atoms with Gasteiger partial charge < -0.3 is 13.9 Å². The second-order valence-electron chi connectivity index (χ2n) is 17.3. The number of aromatic nitrogens is 1. The van der Waals surface area contributed by atoms with Gasteiger partial charge in [0.15, 0.2) is 0 Å². The zero-order chi connectivity index (χ0) is 44.3. The summed E-state index contributed by atoms with van der Waals surface area (Å²) in [4.78, 5) is 2.44. The van der Waals surface area contributed by atoms with E-state index in [0.717, 1.165) is 83.5 Å². The summed E-state index contributed by atoms with van der Waals surface area (Å²) in [6.07, 6.45) is 0. The zero-order valence-corrected chi connectivity index (χ0v) is 36.6. The van der Waals surface area contributed by atoms with Crippen LogP contribution in [-0.2, 0) is 0 Å². The minimum atomic E-state index is 0.880. The van der Waals surface area contributed by atoms with Crippen LogP contribution >= 0.6 is 0 Å². The molecule has 0 radical (unpaired) electrons. The van der Waals surface area contributed by atoms with Crippen LogP contribution in [-0.4, -0.2) is 4.57 Å². The van der Waals surface area contributed by atoms with E-state index in [0.29, 0.717) is 0 Å². The highest BCUT2D eigenvalue weighted by Crippen LogP contribution is 2.47. The molecule has 2 aromatic heterocycles. The molecule has 0 saturated heterocycles. The lowest BCUT2D eigenvalue weighted by atomic mass is 9.95. The highest BCUT2D eigenvalue weighted by atomic mass is 16.3. The molecule has 0 aliphatic carbocycles. The summed E-state index contributed by atoms with van der Waals surface area (Å²) in [5, 5.41) is 7.02. The van der Waals surface area contributed by atoms with Crippen LogP contribution < -0.4 is 4.90 Å². The van der Waals surface area contributed by atoms with Crippen LogP contribution in [0.15, 0.2) is 259 Å². The molecule has 11 aromatic carbocycles. The monoisotopic (exact) mass is 854 g/mol. The van der Waals surface area contributed by atoms with Crippen LogP contribution in [0, 0.1) is 0 Å². The van der Waals surface area contributed by atoms with Crippen molar-refractivity contribution in [1.29, 1.82) is 0 Å². The van der Waals surface area contributed by atoms with Crippen LogP contribution in [0.3, 0.4) is 0 Å². The fraction of sp³-hybridized carbons (Fsp3) is 0. The summed E-state index contributed by atoms with van der Waals surface area (Å²) in [7, 11) is 0. The van der Waals surface area contributed by atoms with Gasteiger partial charge in [0.05, 0.1) is 22.4 Å². The Bertz CT molecular complexity index is 3920. The van der Waals surface area contributed by atoms with Crippen molar-refractivity contribution in [3.05, 3.63) is 255 Å². The third kappa shape index (κ3) is 6.59. The van der Waals surface area contributed by atoms with E-state index in [-0.39, 0.29) is 0 Å². The van der Waals surface area contributed by atoms with Gasteiger partial charge in [0.2, 0.25) is 0 Å². The van der Waals surface area contributed by atoms with Gasteiger partial charge in [-0.1, -0.05) is 182 Å². The molecule has 3 heteroatoms. The first-order valence-corrected chi connectivity index (χ1v) is 22.9. The minimum absolute atomic E-state index is 0.880. The lowest BCUT2D eigenvalue weighted by Gasteiger charge is -2.30. The average molecular weight is 855 g/mol. The summed E-state index contributed by atoms with van der Waals surface area (Å²) in [5.74, 6) is 0. The van der Waals surface area contributed by atoms with Crippen molar-refractivity contribution in [2.45, 2.75) is 0 Å². The van der Waals surface area contributed by atoms with E-state index < -0.39 is 0 Å². The van der Waals surface area contributed by atoms with Gasteiger partial charge in [-0.2, -0.15) is 0 Å². The lowest BCUT2D eigenvalue weighted by Crippen LogP contribution is -2.12. The van der Waals surface area contributed by atoms with Crippen molar-refractivity contribution in [2.75, 3.05) is 4.90 Å². The van der Waals surface area contributed by atoms with Gasteiger partial charge >= 0.3 is 0 Å². The minimum Gasteiger partial charge on any atom is -0.455 e. The maximum Gasteiger partial charge on any atom is 0.143 e. The molecule has 0 N–H and O–H groups in total. The number of para-hydroxylation sites is 3. The Balaban J connectivity index is 0.980. The molecule has 2 heterocycles. The van der Waals surface area contributed by atoms with Crippen molar-refractivity contribution in [1.82, 2.24) is 4.57 Å². The topological polar surface area (TPSA) is 21.3 Å². The first kappa shape index (κ1) is 38.5. The Morgan fingerprint density at radius 1 is 0.313 bits per heavy atom. The van der Waals surface area contributed by atoms with Crippen LogP contribution in [0.1, 0.15) is 0 Å². The quantitative estimate of drug-likeness (QED) is 0.152. The van der Waals surface area contributed by atoms with Gasteiger partial charge in [0, 0.05) is 49.4 Å². The molecule has 0 fully saturated rings. The maximum absolute atomic E-state index is 6.59. The molecule has 13 aromatic rings. The van der Waals surface area contributed by atoms with E-state index in [1.54, 1.807) is 0 Å². The summed E-state index contributed by atoms with van der Waals surface area (Å²) >= 11 is 0. The standard InChI is InChI=1S/C64H42N2O/c1-3-16-43(17-4-1)48-33-38-62(57(41-48)45-18-5-2-6-19-45)65(59-27-12-9-23-52(59)49-34-39-63-58(42-49)56-37-32-46-20-7-8-24-53(46)64(56)67-63)50-35-30-44(31-36-50)47-21-15-22-51(40-47)66-60-28-13-10-25-54(60)55-26-11-14-29-61(55)66/h1-42H. The van der Waals surface area contributed by atoms with E-state index in [1.807, 2.05) is 0 Å². The third-order valence-corrected chi connectivity index (χ3v) is 13.4. The number of benzene rings is 11. The molecular weight excluding hydrogens is 813 g/mol. The molecular formula is C64H42N2O. The Hall–Kier alpha value is -8.92. The van der Waals surface area contributed by atoms with E-state index in [4.69, 9.17) is 4.42 Å². The highest BCUT2D eigenvalue weighted by molar-refractivity contribution is 6.16. The zero-order valence-electron chi connectivity index (χ0n) is 36.6. The molecule has 0 saturated carbocycles. The molecule has 0 aliphatic rings. The Morgan fingerprint density at radius 2 is 0.896 bits per heavy atom.